The fraction of sp³-hybridized carbons (Fsp3) is 0.364. The second kappa shape index (κ2) is 8.78. The number of carbonyl (C=O) groups is 2. The Hall–Kier alpha value is -3.02. The normalized spacial score (nSPS) is 15.6. The van der Waals surface area contributed by atoms with Gasteiger partial charge in [-0.3, -0.25) is 9.59 Å². The van der Waals surface area contributed by atoms with Gasteiger partial charge >= 0.3 is 0 Å². The number of rotatable bonds is 7. The summed E-state index contributed by atoms with van der Waals surface area (Å²) in [6, 6.07) is 15.1. The zero-order valence-electron chi connectivity index (χ0n) is 16.6. The molecule has 6 heteroatoms. The summed E-state index contributed by atoms with van der Waals surface area (Å²) in [6.45, 7) is 5.16. The van der Waals surface area contributed by atoms with Crippen molar-refractivity contribution in [1.29, 1.82) is 0 Å². The molecule has 0 aromatic heterocycles. The van der Waals surface area contributed by atoms with E-state index in [-0.39, 0.29) is 18.2 Å². The average molecular weight is 382 g/mol. The van der Waals surface area contributed by atoms with Crippen LogP contribution in [-0.4, -0.2) is 43.0 Å². The van der Waals surface area contributed by atoms with Crippen LogP contribution in [0.4, 0.5) is 5.69 Å². The van der Waals surface area contributed by atoms with Gasteiger partial charge in [0.15, 0.2) is 6.10 Å². The van der Waals surface area contributed by atoms with Gasteiger partial charge in [-0.1, -0.05) is 24.3 Å². The van der Waals surface area contributed by atoms with Crippen molar-refractivity contribution in [3.63, 3.8) is 0 Å². The molecule has 28 heavy (non-hydrogen) atoms. The van der Waals surface area contributed by atoms with Crippen LogP contribution < -0.4 is 14.4 Å². The Morgan fingerprint density at radius 2 is 1.89 bits per heavy atom. The molecule has 1 atom stereocenters. The maximum Gasteiger partial charge on any atom is 0.267 e. The Labute approximate surface area is 165 Å². The van der Waals surface area contributed by atoms with E-state index in [4.69, 9.17) is 9.47 Å². The molecule has 0 radical (unpaired) electrons. The molecule has 0 saturated heterocycles. The van der Waals surface area contributed by atoms with Crippen molar-refractivity contribution in [2.75, 3.05) is 25.1 Å². The first kappa shape index (κ1) is 19.7. The Morgan fingerprint density at radius 1 is 1.18 bits per heavy atom. The summed E-state index contributed by atoms with van der Waals surface area (Å²) < 4.78 is 10.8. The fourth-order valence-corrected chi connectivity index (χ4v) is 3.28. The first-order valence-electron chi connectivity index (χ1n) is 9.51. The molecule has 0 aliphatic carbocycles. The Kier molecular flexibility index (Phi) is 6.19. The first-order valence-corrected chi connectivity index (χ1v) is 9.51. The van der Waals surface area contributed by atoms with E-state index in [2.05, 4.69) is 0 Å². The monoisotopic (exact) mass is 382 g/mol. The van der Waals surface area contributed by atoms with E-state index in [0.717, 1.165) is 17.0 Å². The quantitative estimate of drug-likeness (QED) is 0.738. The molecule has 6 nitrogen and oxygen atoms in total. The third-order valence-corrected chi connectivity index (χ3v) is 4.89. The van der Waals surface area contributed by atoms with Crippen molar-refractivity contribution in [2.45, 2.75) is 32.9 Å². The molecule has 2 aromatic rings. The van der Waals surface area contributed by atoms with Gasteiger partial charge in [0.05, 0.1) is 12.8 Å². The van der Waals surface area contributed by atoms with Crippen LogP contribution in [0, 0.1) is 0 Å². The SMILES string of the molecule is CCN(Cc1ccc(OC)cc1)C(=O)CCN1C(=O)C(C)Oc2ccccc21. The van der Waals surface area contributed by atoms with Gasteiger partial charge in [-0.05, 0) is 43.7 Å². The summed E-state index contributed by atoms with van der Waals surface area (Å²) >= 11 is 0. The van der Waals surface area contributed by atoms with Gasteiger partial charge in [-0.2, -0.15) is 0 Å². The van der Waals surface area contributed by atoms with E-state index in [9.17, 15) is 9.59 Å². The first-order chi connectivity index (χ1) is 13.5. The van der Waals surface area contributed by atoms with Crippen LogP contribution in [0.3, 0.4) is 0 Å². The molecule has 1 heterocycles. The summed E-state index contributed by atoms with van der Waals surface area (Å²) in [7, 11) is 1.63. The second-order valence-electron chi connectivity index (χ2n) is 6.72. The van der Waals surface area contributed by atoms with Gasteiger partial charge in [0.2, 0.25) is 5.91 Å². The van der Waals surface area contributed by atoms with Gasteiger partial charge in [0, 0.05) is 26.1 Å². The fourth-order valence-electron chi connectivity index (χ4n) is 3.28. The molecule has 0 spiro atoms. The average Bonchev–Trinajstić information content (AvgIpc) is 2.72. The van der Waals surface area contributed by atoms with E-state index >= 15 is 0 Å². The molecule has 1 aliphatic heterocycles. The number of nitrogens with zero attached hydrogens (tertiary/aromatic N) is 2. The van der Waals surface area contributed by atoms with Crippen molar-refractivity contribution in [3.05, 3.63) is 54.1 Å². The molecule has 0 bridgehead atoms. The van der Waals surface area contributed by atoms with Crippen LogP contribution in [0.1, 0.15) is 25.8 Å². The number of anilines is 1. The highest BCUT2D eigenvalue weighted by Crippen LogP contribution is 2.33. The largest absolute Gasteiger partial charge is 0.497 e. The highest BCUT2D eigenvalue weighted by Gasteiger charge is 2.31. The minimum Gasteiger partial charge on any atom is -0.497 e. The van der Waals surface area contributed by atoms with Crippen LogP contribution in [0.25, 0.3) is 0 Å². The minimum absolute atomic E-state index is 0.0164. The number of hydrogen-bond donors (Lipinski definition) is 0. The standard InChI is InChI=1S/C22H26N2O4/c1-4-23(15-17-9-11-18(27-3)12-10-17)21(25)13-14-24-19-7-5-6-8-20(19)28-16(2)22(24)26/h5-12,16H,4,13-15H2,1-3H3. The van der Waals surface area contributed by atoms with E-state index in [1.165, 1.54) is 0 Å². The van der Waals surface area contributed by atoms with Gasteiger partial charge in [0.1, 0.15) is 11.5 Å². The predicted molar refractivity (Wildman–Crippen MR) is 108 cm³/mol. The summed E-state index contributed by atoms with van der Waals surface area (Å²) in [4.78, 5) is 28.8. The van der Waals surface area contributed by atoms with E-state index in [1.807, 2.05) is 55.5 Å². The molecule has 0 N–H and O–H groups in total. The van der Waals surface area contributed by atoms with Crippen LogP contribution in [0.2, 0.25) is 0 Å². The second-order valence-corrected chi connectivity index (χ2v) is 6.72. The van der Waals surface area contributed by atoms with Crippen LogP contribution in [0.5, 0.6) is 11.5 Å². The molecule has 3 rings (SSSR count). The summed E-state index contributed by atoms with van der Waals surface area (Å²) in [5.41, 5.74) is 1.76. The zero-order chi connectivity index (χ0) is 20.1. The van der Waals surface area contributed by atoms with E-state index < -0.39 is 6.10 Å². The molecule has 2 amide bonds. The molecule has 1 aliphatic rings. The Bertz CT molecular complexity index is 835. The third-order valence-electron chi connectivity index (χ3n) is 4.89. The molecule has 148 valence electrons. The number of benzene rings is 2. The number of fused-ring (bicyclic) bond motifs is 1. The number of amides is 2. The summed E-state index contributed by atoms with van der Waals surface area (Å²) in [6.07, 6.45) is -0.289. The highest BCUT2D eigenvalue weighted by molar-refractivity contribution is 6.00. The lowest BCUT2D eigenvalue weighted by Crippen LogP contribution is -2.46. The predicted octanol–water partition coefficient (Wildman–Crippen LogP) is 3.25. The van der Waals surface area contributed by atoms with Gasteiger partial charge in [-0.25, -0.2) is 0 Å². The van der Waals surface area contributed by atoms with Gasteiger partial charge < -0.3 is 19.3 Å². The zero-order valence-corrected chi connectivity index (χ0v) is 16.6. The Balaban J connectivity index is 1.65. The topological polar surface area (TPSA) is 59.1 Å². The van der Waals surface area contributed by atoms with E-state index in [0.29, 0.717) is 25.4 Å². The highest BCUT2D eigenvalue weighted by atomic mass is 16.5. The summed E-state index contributed by atoms with van der Waals surface area (Å²) in [5, 5.41) is 0. The number of ether oxygens (including phenoxy) is 2. The van der Waals surface area contributed by atoms with Crippen LogP contribution in [0.15, 0.2) is 48.5 Å². The molecule has 0 saturated carbocycles. The molecule has 1 unspecified atom stereocenters. The number of carbonyl (C=O) groups excluding carboxylic acids is 2. The van der Waals surface area contributed by atoms with Gasteiger partial charge in [-0.15, -0.1) is 0 Å². The van der Waals surface area contributed by atoms with Gasteiger partial charge in [0.25, 0.3) is 5.91 Å². The number of para-hydroxylation sites is 2. The number of methoxy groups -OCH3 is 1. The molecule has 2 aromatic carbocycles. The molecular formula is C22H26N2O4. The van der Waals surface area contributed by atoms with Crippen molar-refractivity contribution < 1.29 is 19.1 Å². The summed E-state index contributed by atoms with van der Waals surface area (Å²) in [5.74, 6) is 1.36. The lowest BCUT2D eigenvalue weighted by Gasteiger charge is -2.33. The molecular weight excluding hydrogens is 356 g/mol. The van der Waals surface area contributed by atoms with Crippen molar-refractivity contribution >= 4 is 17.5 Å². The van der Waals surface area contributed by atoms with Crippen molar-refractivity contribution in [1.82, 2.24) is 4.90 Å². The lowest BCUT2D eigenvalue weighted by atomic mass is 10.1. The smallest absolute Gasteiger partial charge is 0.267 e. The van der Waals surface area contributed by atoms with Crippen LogP contribution in [-0.2, 0) is 16.1 Å². The van der Waals surface area contributed by atoms with E-state index in [1.54, 1.807) is 23.8 Å². The maximum absolute atomic E-state index is 12.8. The minimum atomic E-state index is -0.549. The third kappa shape index (κ3) is 4.27. The molecule has 0 fully saturated rings. The Morgan fingerprint density at radius 3 is 2.57 bits per heavy atom. The van der Waals surface area contributed by atoms with Crippen molar-refractivity contribution in [2.24, 2.45) is 0 Å². The van der Waals surface area contributed by atoms with Crippen LogP contribution >= 0.6 is 0 Å². The van der Waals surface area contributed by atoms with Crippen molar-refractivity contribution in [3.8, 4) is 11.5 Å². The maximum atomic E-state index is 12.8. The lowest BCUT2D eigenvalue weighted by molar-refractivity contribution is -0.131. The number of hydrogen-bond acceptors (Lipinski definition) is 4.